The van der Waals surface area contributed by atoms with Crippen LogP contribution < -0.4 is 5.32 Å². The van der Waals surface area contributed by atoms with Crippen molar-refractivity contribution in [2.45, 2.75) is 25.9 Å². The number of nitrogens with one attached hydrogen (secondary N) is 1. The fourth-order valence-electron chi connectivity index (χ4n) is 3.97. The van der Waals surface area contributed by atoms with Crippen molar-refractivity contribution >= 4 is 5.91 Å². The molecule has 2 heterocycles. The van der Waals surface area contributed by atoms with Gasteiger partial charge in [0.2, 0.25) is 5.91 Å². The van der Waals surface area contributed by atoms with E-state index in [1.807, 2.05) is 24.4 Å². The average molecular weight is 407 g/mol. The number of piperidine rings is 1. The van der Waals surface area contributed by atoms with Gasteiger partial charge in [0.1, 0.15) is 11.6 Å². The predicted octanol–water partition coefficient (Wildman–Crippen LogP) is 3.72. The number of amides is 1. The first kappa shape index (κ1) is 20.3. The SMILES string of the molecule is O=C(CN1CCC(Cn2ccnc2-c2ccccc2)CC1)NCc1ccc(F)cc1. The number of halogens is 1. The minimum Gasteiger partial charge on any atom is -0.351 e. The Hall–Kier alpha value is -2.99. The van der Waals surface area contributed by atoms with E-state index in [2.05, 4.69) is 38.1 Å². The highest BCUT2D eigenvalue weighted by Gasteiger charge is 2.22. The molecule has 0 bridgehead atoms. The van der Waals surface area contributed by atoms with E-state index in [9.17, 15) is 9.18 Å². The Kier molecular flexibility index (Phi) is 6.54. The van der Waals surface area contributed by atoms with Crippen LogP contribution in [0.5, 0.6) is 0 Å². The van der Waals surface area contributed by atoms with E-state index in [-0.39, 0.29) is 11.7 Å². The van der Waals surface area contributed by atoms with Crippen LogP contribution in [0.15, 0.2) is 67.0 Å². The van der Waals surface area contributed by atoms with E-state index in [1.165, 1.54) is 12.1 Å². The standard InChI is InChI=1S/C24H27FN4O/c25-22-8-6-19(7-9-22)16-27-23(30)18-28-13-10-20(11-14-28)17-29-15-12-26-24(29)21-4-2-1-3-5-21/h1-9,12,15,20H,10-11,13-14,16-18H2,(H,27,30). The molecule has 1 fully saturated rings. The van der Waals surface area contributed by atoms with Crippen molar-refractivity contribution in [3.63, 3.8) is 0 Å². The quantitative estimate of drug-likeness (QED) is 0.651. The molecule has 1 aliphatic heterocycles. The number of imidazole rings is 1. The van der Waals surface area contributed by atoms with Gasteiger partial charge in [-0.15, -0.1) is 0 Å². The molecule has 5 nitrogen and oxygen atoms in total. The first-order valence-electron chi connectivity index (χ1n) is 10.5. The van der Waals surface area contributed by atoms with E-state index in [0.717, 1.165) is 49.4 Å². The van der Waals surface area contributed by atoms with Gasteiger partial charge >= 0.3 is 0 Å². The summed E-state index contributed by atoms with van der Waals surface area (Å²) in [6.45, 7) is 3.63. The second-order valence-electron chi connectivity index (χ2n) is 7.89. The van der Waals surface area contributed by atoms with Gasteiger partial charge in [0.05, 0.1) is 6.54 Å². The highest BCUT2D eigenvalue weighted by molar-refractivity contribution is 5.78. The minimum absolute atomic E-state index is 0.0127. The number of carbonyl (C=O) groups is 1. The van der Waals surface area contributed by atoms with Gasteiger partial charge in [0, 0.05) is 31.0 Å². The second-order valence-corrected chi connectivity index (χ2v) is 7.89. The Bertz CT molecular complexity index is 947. The highest BCUT2D eigenvalue weighted by Crippen LogP contribution is 2.23. The summed E-state index contributed by atoms with van der Waals surface area (Å²) < 4.78 is 15.2. The molecular formula is C24H27FN4O. The number of benzene rings is 2. The lowest BCUT2D eigenvalue weighted by molar-refractivity contribution is -0.122. The fourth-order valence-corrected chi connectivity index (χ4v) is 3.97. The summed E-state index contributed by atoms with van der Waals surface area (Å²) in [5.41, 5.74) is 2.04. The van der Waals surface area contributed by atoms with Gasteiger partial charge in [-0.2, -0.15) is 0 Å². The van der Waals surface area contributed by atoms with Crippen molar-refractivity contribution in [1.82, 2.24) is 19.8 Å². The number of likely N-dealkylation sites (tertiary alicyclic amines) is 1. The third-order valence-corrected chi connectivity index (χ3v) is 5.68. The number of hydrogen-bond acceptors (Lipinski definition) is 3. The third-order valence-electron chi connectivity index (χ3n) is 5.68. The first-order valence-corrected chi connectivity index (χ1v) is 10.5. The number of hydrogen-bond donors (Lipinski definition) is 1. The lowest BCUT2D eigenvalue weighted by Crippen LogP contribution is -2.41. The topological polar surface area (TPSA) is 50.2 Å². The molecule has 30 heavy (non-hydrogen) atoms. The second kappa shape index (κ2) is 9.67. The van der Waals surface area contributed by atoms with E-state index in [4.69, 9.17) is 0 Å². The largest absolute Gasteiger partial charge is 0.351 e. The smallest absolute Gasteiger partial charge is 0.234 e. The highest BCUT2D eigenvalue weighted by atomic mass is 19.1. The van der Waals surface area contributed by atoms with Crippen molar-refractivity contribution in [2.24, 2.45) is 5.92 Å². The zero-order chi connectivity index (χ0) is 20.8. The van der Waals surface area contributed by atoms with E-state index >= 15 is 0 Å². The third kappa shape index (κ3) is 5.33. The molecule has 2 aromatic carbocycles. The molecule has 1 aliphatic rings. The summed E-state index contributed by atoms with van der Waals surface area (Å²) in [6, 6.07) is 16.5. The van der Waals surface area contributed by atoms with E-state index < -0.39 is 0 Å². The van der Waals surface area contributed by atoms with Gasteiger partial charge in [-0.05, 0) is 49.5 Å². The van der Waals surface area contributed by atoms with Crippen molar-refractivity contribution in [1.29, 1.82) is 0 Å². The van der Waals surface area contributed by atoms with E-state index in [1.54, 1.807) is 12.1 Å². The summed E-state index contributed by atoms with van der Waals surface area (Å²) in [5.74, 6) is 1.34. The molecule has 0 spiro atoms. The van der Waals surface area contributed by atoms with Crippen molar-refractivity contribution in [3.8, 4) is 11.4 Å². The molecule has 0 radical (unpaired) electrons. The maximum Gasteiger partial charge on any atom is 0.234 e. The van der Waals surface area contributed by atoms with Crippen LogP contribution in [0.2, 0.25) is 0 Å². The van der Waals surface area contributed by atoms with Crippen LogP contribution in [-0.2, 0) is 17.9 Å². The Labute approximate surface area is 176 Å². The average Bonchev–Trinajstić information content (AvgIpc) is 3.23. The summed E-state index contributed by atoms with van der Waals surface area (Å²) >= 11 is 0. The number of nitrogens with zero attached hydrogens (tertiary/aromatic N) is 3. The molecule has 1 saturated heterocycles. The van der Waals surface area contributed by atoms with Gasteiger partial charge in [-0.3, -0.25) is 9.69 Å². The normalized spacial score (nSPS) is 15.2. The Morgan fingerprint density at radius 1 is 1.07 bits per heavy atom. The Morgan fingerprint density at radius 3 is 2.53 bits per heavy atom. The van der Waals surface area contributed by atoms with Crippen molar-refractivity contribution < 1.29 is 9.18 Å². The maximum atomic E-state index is 13.0. The molecule has 0 atom stereocenters. The molecule has 0 saturated carbocycles. The van der Waals surface area contributed by atoms with E-state index in [0.29, 0.717) is 19.0 Å². The molecule has 3 aromatic rings. The van der Waals surface area contributed by atoms with Crippen LogP contribution >= 0.6 is 0 Å². The van der Waals surface area contributed by atoms with Gasteiger partial charge < -0.3 is 9.88 Å². The molecule has 0 aliphatic carbocycles. The zero-order valence-electron chi connectivity index (χ0n) is 17.0. The summed E-state index contributed by atoms with van der Waals surface area (Å²) in [7, 11) is 0. The van der Waals surface area contributed by atoms with Gasteiger partial charge in [-0.1, -0.05) is 42.5 Å². The minimum atomic E-state index is -0.264. The molecule has 1 N–H and O–H groups in total. The predicted molar refractivity (Wildman–Crippen MR) is 115 cm³/mol. The lowest BCUT2D eigenvalue weighted by Gasteiger charge is -2.31. The van der Waals surface area contributed by atoms with Crippen molar-refractivity contribution in [2.75, 3.05) is 19.6 Å². The zero-order valence-corrected chi connectivity index (χ0v) is 17.0. The van der Waals surface area contributed by atoms with Crippen LogP contribution in [0, 0.1) is 11.7 Å². The van der Waals surface area contributed by atoms with Gasteiger partial charge in [0.25, 0.3) is 0 Å². The first-order chi connectivity index (χ1) is 14.7. The lowest BCUT2D eigenvalue weighted by atomic mass is 9.96. The van der Waals surface area contributed by atoms with Crippen LogP contribution in [0.1, 0.15) is 18.4 Å². The van der Waals surface area contributed by atoms with Crippen LogP contribution in [0.3, 0.4) is 0 Å². The molecule has 156 valence electrons. The number of rotatable bonds is 7. The summed E-state index contributed by atoms with van der Waals surface area (Å²) in [5, 5.41) is 2.92. The van der Waals surface area contributed by atoms with Gasteiger partial charge in [0.15, 0.2) is 0 Å². The van der Waals surface area contributed by atoms with Gasteiger partial charge in [-0.25, -0.2) is 9.37 Å². The molecular weight excluding hydrogens is 379 g/mol. The summed E-state index contributed by atoms with van der Waals surface area (Å²) in [4.78, 5) is 19.0. The van der Waals surface area contributed by atoms with Crippen molar-refractivity contribution in [3.05, 3.63) is 78.4 Å². The molecule has 1 aromatic heterocycles. The number of carbonyl (C=O) groups excluding carboxylic acids is 1. The molecule has 6 heteroatoms. The maximum absolute atomic E-state index is 13.0. The molecule has 1 amide bonds. The Balaban J connectivity index is 1.22. The Morgan fingerprint density at radius 2 is 1.80 bits per heavy atom. The summed E-state index contributed by atoms with van der Waals surface area (Å²) in [6.07, 6.45) is 6.05. The fraction of sp³-hybridized carbons (Fsp3) is 0.333. The van der Waals surface area contributed by atoms with Crippen LogP contribution in [0.25, 0.3) is 11.4 Å². The van der Waals surface area contributed by atoms with Crippen LogP contribution in [-0.4, -0.2) is 40.0 Å². The number of aromatic nitrogens is 2. The molecule has 0 unspecified atom stereocenters. The monoisotopic (exact) mass is 406 g/mol. The van der Waals surface area contributed by atoms with Crippen LogP contribution in [0.4, 0.5) is 4.39 Å². The molecule has 4 rings (SSSR count).